The van der Waals surface area contributed by atoms with Crippen molar-refractivity contribution < 1.29 is 4.79 Å². The predicted molar refractivity (Wildman–Crippen MR) is 85.1 cm³/mol. The van der Waals surface area contributed by atoms with Crippen molar-refractivity contribution in [2.45, 2.75) is 32.2 Å². The molecule has 6 heteroatoms. The quantitative estimate of drug-likeness (QED) is 0.872. The van der Waals surface area contributed by atoms with Crippen LogP contribution in [-0.4, -0.2) is 36.5 Å². The monoisotopic (exact) mass is 306 g/mol. The number of nitrogens with two attached hydrogens (primary N) is 1. The van der Waals surface area contributed by atoms with E-state index in [4.69, 9.17) is 11.0 Å². The minimum atomic E-state index is -0.0307. The van der Waals surface area contributed by atoms with Gasteiger partial charge in [0.05, 0.1) is 5.56 Å². The Balaban J connectivity index is 1.78. The Morgan fingerprint density at radius 3 is 3.19 bits per heavy atom. The van der Waals surface area contributed by atoms with E-state index in [-0.39, 0.29) is 5.91 Å². The lowest BCUT2D eigenvalue weighted by Crippen LogP contribution is -2.47. The third-order valence-corrected chi connectivity index (χ3v) is 4.92. The number of rotatable bonds is 5. The van der Waals surface area contributed by atoms with Crippen LogP contribution in [0.25, 0.3) is 0 Å². The van der Waals surface area contributed by atoms with Gasteiger partial charge in [-0.2, -0.15) is 5.26 Å². The van der Waals surface area contributed by atoms with Crippen molar-refractivity contribution >= 4 is 22.2 Å². The van der Waals surface area contributed by atoms with E-state index >= 15 is 0 Å². The molecule has 1 fully saturated rings. The molecule has 1 aromatic heterocycles. The highest BCUT2D eigenvalue weighted by Crippen LogP contribution is 2.22. The Kier molecular flexibility index (Phi) is 5.74. The fourth-order valence-electron chi connectivity index (χ4n) is 2.70. The molecule has 3 N–H and O–H groups in total. The SMILES string of the molecule is CCC1CN(CCC(=O)Nc2sccc2C#N)CCC1N. The number of anilines is 1. The molecule has 2 rings (SSSR count). The summed E-state index contributed by atoms with van der Waals surface area (Å²) in [5.41, 5.74) is 6.63. The van der Waals surface area contributed by atoms with Gasteiger partial charge in [-0.05, 0) is 30.3 Å². The van der Waals surface area contributed by atoms with Gasteiger partial charge in [0.25, 0.3) is 0 Å². The summed E-state index contributed by atoms with van der Waals surface area (Å²) in [6.07, 6.45) is 2.54. The minimum Gasteiger partial charge on any atom is -0.327 e. The van der Waals surface area contributed by atoms with Crippen LogP contribution < -0.4 is 11.1 Å². The molecule has 0 aliphatic carbocycles. The van der Waals surface area contributed by atoms with Crippen LogP contribution in [0.5, 0.6) is 0 Å². The van der Waals surface area contributed by atoms with Crippen LogP contribution in [0.1, 0.15) is 31.7 Å². The lowest BCUT2D eigenvalue weighted by atomic mass is 9.90. The van der Waals surface area contributed by atoms with Crippen molar-refractivity contribution in [2.75, 3.05) is 25.0 Å². The molecule has 5 nitrogen and oxygen atoms in total. The van der Waals surface area contributed by atoms with E-state index in [0.717, 1.165) is 32.5 Å². The van der Waals surface area contributed by atoms with E-state index in [1.807, 2.05) is 5.38 Å². The fourth-order valence-corrected chi connectivity index (χ4v) is 3.46. The van der Waals surface area contributed by atoms with Crippen LogP contribution in [0, 0.1) is 17.2 Å². The second kappa shape index (κ2) is 7.55. The molecule has 2 heterocycles. The summed E-state index contributed by atoms with van der Waals surface area (Å²) >= 11 is 1.38. The first-order valence-electron chi connectivity index (χ1n) is 7.39. The van der Waals surface area contributed by atoms with E-state index in [9.17, 15) is 4.79 Å². The lowest BCUT2D eigenvalue weighted by Gasteiger charge is -2.36. The van der Waals surface area contributed by atoms with Crippen molar-refractivity contribution in [3.05, 3.63) is 17.0 Å². The van der Waals surface area contributed by atoms with Gasteiger partial charge in [-0.1, -0.05) is 13.3 Å². The molecule has 1 amide bonds. The van der Waals surface area contributed by atoms with E-state index in [2.05, 4.69) is 23.2 Å². The Bertz CT molecular complexity index is 522. The average molecular weight is 306 g/mol. The average Bonchev–Trinajstić information content (AvgIpc) is 2.93. The topological polar surface area (TPSA) is 82.2 Å². The maximum atomic E-state index is 12.0. The van der Waals surface area contributed by atoms with Gasteiger partial charge in [0, 0.05) is 25.6 Å². The molecule has 0 bridgehead atoms. The first kappa shape index (κ1) is 16.0. The molecule has 1 aromatic rings. The molecule has 0 spiro atoms. The standard InChI is InChI=1S/C15H22N4OS/c1-2-11-10-19(6-3-13(11)17)7-4-14(20)18-15-12(9-16)5-8-21-15/h5,8,11,13H,2-4,6-7,10,17H2,1H3,(H,18,20). The Morgan fingerprint density at radius 2 is 2.48 bits per heavy atom. The van der Waals surface area contributed by atoms with E-state index in [0.29, 0.717) is 28.9 Å². The number of hydrogen-bond donors (Lipinski definition) is 2. The molecule has 1 aliphatic rings. The first-order chi connectivity index (χ1) is 10.1. The third kappa shape index (κ3) is 4.27. The van der Waals surface area contributed by atoms with Crippen LogP contribution >= 0.6 is 11.3 Å². The number of piperidine rings is 1. The van der Waals surface area contributed by atoms with Gasteiger partial charge in [0.2, 0.25) is 5.91 Å². The largest absolute Gasteiger partial charge is 0.327 e. The van der Waals surface area contributed by atoms with Crippen LogP contribution in [0.4, 0.5) is 5.00 Å². The van der Waals surface area contributed by atoms with Gasteiger partial charge >= 0.3 is 0 Å². The molecule has 1 aliphatic heterocycles. The van der Waals surface area contributed by atoms with E-state index in [1.165, 1.54) is 11.3 Å². The highest BCUT2D eigenvalue weighted by Gasteiger charge is 2.25. The normalized spacial score (nSPS) is 22.7. The minimum absolute atomic E-state index is 0.0307. The van der Waals surface area contributed by atoms with Gasteiger partial charge in [-0.15, -0.1) is 11.3 Å². The highest BCUT2D eigenvalue weighted by molar-refractivity contribution is 7.14. The lowest BCUT2D eigenvalue weighted by molar-refractivity contribution is -0.116. The van der Waals surface area contributed by atoms with Gasteiger partial charge in [0.1, 0.15) is 11.1 Å². The number of hydrogen-bond acceptors (Lipinski definition) is 5. The molecule has 1 saturated heterocycles. The maximum absolute atomic E-state index is 12.0. The van der Waals surface area contributed by atoms with Crippen molar-refractivity contribution in [1.82, 2.24) is 4.90 Å². The molecular weight excluding hydrogens is 284 g/mol. The van der Waals surface area contributed by atoms with Crippen LogP contribution in [-0.2, 0) is 4.79 Å². The molecule has 2 unspecified atom stereocenters. The molecule has 21 heavy (non-hydrogen) atoms. The van der Waals surface area contributed by atoms with Crippen LogP contribution in [0.3, 0.4) is 0 Å². The van der Waals surface area contributed by atoms with Crippen LogP contribution in [0.15, 0.2) is 11.4 Å². The zero-order chi connectivity index (χ0) is 15.2. The summed E-state index contributed by atoms with van der Waals surface area (Å²) in [7, 11) is 0. The third-order valence-electron chi connectivity index (χ3n) is 4.09. The second-order valence-corrected chi connectivity index (χ2v) is 6.41. The molecule has 114 valence electrons. The number of carbonyl (C=O) groups is 1. The van der Waals surface area contributed by atoms with Gasteiger partial charge in [-0.3, -0.25) is 4.79 Å². The van der Waals surface area contributed by atoms with Crippen molar-refractivity contribution in [2.24, 2.45) is 11.7 Å². The highest BCUT2D eigenvalue weighted by atomic mass is 32.1. The summed E-state index contributed by atoms with van der Waals surface area (Å²) < 4.78 is 0. The number of likely N-dealkylation sites (tertiary alicyclic amines) is 1. The van der Waals surface area contributed by atoms with E-state index in [1.54, 1.807) is 6.07 Å². The number of carbonyl (C=O) groups excluding carboxylic acids is 1. The summed E-state index contributed by atoms with van der Waals surface area (Å²) in [6, 6.07) is 4.09. The van der Waals surface area contributed by atoms with Crippen LogP contribution in [0.2, 0.25) is 0 Å². The maximum Gasteiger partial charge on any atom is 0.226 e. The van der Waals surface area contributed by atoms with E-state index < -0.39 is 0 Å². The molecule has 0 radical (unpaired) electrons. The fraction of sp³-hybridized carbons (Fsp3) is 0.600. The zero-order valence-corrected chi connectivity index (χ0v) is 13.2. The number of thiophene rings is 1. The molecule has 2 atom stereocenters. The first-order valence-corrected chi connectivity index (χ1v) is 8.27. The summed E-state index contributed by atoms with van der Waals surface area (Å²) in [5.74, 6) is 0.501. The predicted octanol–water partition coefficient (Wildman–Crippen LogP) is 2.01. The number of nitrogens with zero attached hydrogens (tertiary/aromatic N) is 2. The van der Waals surface area contributed by atoms with Gasteiger partial charge in [-0.25, -0.2) is 0 Å². The molecule has 0 aromatic carbocycles. The van der Waals surface area contributed by atoms with Crippen molar-refractivity contribution in [3.8, 4) is 6.07 Å². The number of nitrogens with one attached hydrogen (secondary N) is 1. The Hall–Kier alpha value is -1.42. The smallest absolute Gasteiger partial charge is 0.226 e. The molecule has 0 saturated carbocycles. The Labute approximate surface area is 129 Å². The summed E-state index contributed by atoms with van der Waals surface area (Å²) in [6.45, 7) is 4.87. The summed E-state index contributed by atoms with van der Waals surface area (Å²) in [4.78, 5) is 14.3. The van der Waals surface area contributed by atoms with Gasteiger partial charge < -0.3 is 16.0 Å². The second-order valence-electron chi connectivity index (χ2n) is 5.49. The van der Waals surface area contributed by atoms with Gasteiger partial charge in [0.15, 0.2) is 0 Å². The molecular formula is C15H22N4OS. The number of nitriles is 1. The summed E-state index contributed by atoms with van der Waals surface area (Å²) in [5, 5.41) is 14.2. The van der Waals surface area contributed by atoms with Crippen molar-refractivity contribution in [3.63, 3.8) is 0 Å². The number of amides is 1. The van der Waals surface area contributed by atoms with Crippen molar-refractivity contribution in [1.29, 1.82) is 5.26 Å². The Morgan fingerprint density at radius 1 is 1.67 bits per heavy atom. The zero-order valence-electron chi connectivity index (χ0n) is 12.3.